The summed E-state index contributed by atoms with van der Waals surface area (Å²) < 4.78 is 52.8. The highest BCUT2D eigenvalue weighted by Crippen LogP contribution is 2.46. The van der Waals surface area contributed by atoms with Crippen molar-refractivity contribution >= 4 is 48.5 Å². The molecule has 1 N–H and O–H groups in total. The van der Waals surface area contributed by atoms with Crippen LogP contribution in [0.3, 0.4) is 0 Å². The van der Waals surface area contributed by atoms with Crippen molar-refractivity contribution in [1.29, 1.82) is 0 Å². The minimum Gasteiger partial charge on any atom is -0.492 e. The lowest BCUT2D eigenvalue weighted by molar-refractivity contribution is 0.0694. The Morgan fingerprint density at radius 3 is 2.51 bits per heavy atom. The quantitative estimate of drug-likeness (QED) is 0.440. The van der Waals surface area contributed by atoms with Crippen LogP contribution < -0.4 is 15.1 Å². The first-order valence-corrected chi connectivity index (χ1v) is 15.1. The van der Waals surface area contributed by atoms with Crippen LogP contribution in [0.5, 0.6) is 5.75 Å². The number of methoxy groups -OCH3 is 1. The van der Waals surface area contributed by atoms with Gasteiger partial charge in [-0.3, -0.25) is 4.79 Å². The molecule has 0 bridgehead atoms. The molecule has 0 unspecified atom stereocenters. The van der Waals surface area contributed by atoms with E-state index in [9.17, 15) is 23.1 Å². The summed E-state index contributed by atoms with van der Waals surface area (Å²) in [7, 11) is -2.37. The van der Waals surface area contributed by atoms with Crippen molar-refractivity contribution in [2.75, 3.05) is 31.6 Å². The fourth-order valence-corrected chi connectivity index (χ4v) is 8.07. The third-order valence-electron chi connectivity index (χ3n) is 8.04. The van der Waals surface area contributed by atoms with E-state index >= 15 is 4.39 Å². The molecular weight excluding hydrogens is 593 g/mol. The molecule has 2 saturated heterocycles. The van der Waals surface area contributed by atoms with Gasteiger partial charge in [0.1, 0.15) is 11.3 Å². The molecule has 1 saturated carbocycles. The maximum Gasteiger partial charge on any atom is 0.341 e. The summed E-state index contributed by atoms with van der Waals surface area (Å²) in [5, 5.41) is 9.53. The predicted octanol–water partition coefficient (Wildman–Crippen LogP) is 4.23. The number of fused-ring (bicyclic) bond motifs is 2. The lowest BCUT2D eigenvalue weighted by Crippen LogP contribution is -2.48. The Labute approximate surface area is 233 Å². The number of carboxylic acids is 1. The van der Waals surface area contributed by atoms with Crippen LogP contribution >= 0.6 is 15.9 Å². The van der Waals surface area contributed by atoms with Crippen LogP contribution in [0.25, 0.3) is 10.9 Å². The van der Waals surface area contributed by atoms with Crippen molar-refractivity contribution in [3.05, 3.63) is 62.6 Å². The van der Waals surface area contributed by atoms with Crippen molar-refractivity contribution in [1.82, 2.24) is 8.87 Å². The smallest absolute Gasteiger partial charge is 0.341 e. The second-order valence-corrected chi connectivity index (χ2v) is 13.2. The Hall–Kier alpha value is -2.96. The number of sulfonamides is 1. The molecule has 0 amide bonds. The lowest BCUT2D eigenvalue weighted by atomic mass is 9.94. The largest absolute Gasteiger partial charge is 0.492 e. The van der Waals surface area contributed by atoms with Gasteiger partial charge in [0, 0.05) is 42.4 Å². The van der Waals surface area contributed by atoms with Gasteiger partial charge in [0.15, 0.2) is 11.6 Å². The lowest BCUT2D eigenvalue weighted by Gasteiger charge is -2.35. The Kier molecular flexibility index (Phi) is 6.47. The Balaban J connectivity index is 1.44. The summed E-state index contributed by atoms with van der Waals surface area (Å²) in [4.78, 5) is 26.8. The number of hydrogen-bond donors (Lipinski definition) is 1. The SMILES string of the molecule is COc1c(N2C[C@H]3CCCN(S(=O)(=O)c4ccc(Br)cc4)[C@H]3C2)c(F)cc2c(=O)c(C(=O)O)cn(C3CC3)c12. The van der Waals surface area contributed by atoms with Crippen LogP contribution in [0.4, 0.5) is 10.1 Å². The third kappa shape index (κ3) is 4.33. The highest BCUT2D eigenvalue weighted by molar-refractivity contribution is 9.10. The molecule has 6 rings (SSSR count). The van der Waals surface area contributed by atoms with Gasteiger partial charge in [-0.05, 0) is 61.9 Å². The van der Waals surface area contributed by atoms with E-state index < -0.39 is 32.8 Å². The molecule has 1 aromatic heterocycles. The second kappa shape index (κ2) is 9.60. The fraction of sp³-hybridized carbons (Fsp3) is 0.407. The first-order valence-electron chi connectivity index (χ1n) is 12.8. The van der Waals surface area contributed by atoms with E-state index in [0.29, 0.717) is 25.0 Å². The van der Waals surface area contributed by atoms with Gasteiger partial charge in [-0.1, -0.05) is 15.9 Å². The number of aromatic carboxylic acids is 1. The number of nitrogens with zero attached hydrogens (tertiary/aromatic N) is 3. The summed E-state index contributed by atoms with van der Waals surface area (Å²) in [5.74, 6) is -1.92. The Morgan fingerprint density at radius 2 is 1.87 bits per heavy atom. The Bertz CT molecular complexity index is 1650. The zero-order valence-corrected chi connectivity index (χ0v) is 23.5. The molecule has 3 heterocycles. The van der Waals surface area contributed by atoms with Gasteiger partial charge in [-0.15, -0.1) is 0 Å². The Morgan fingerprint density at radius 1 is 1.15 bits per heavy atom. The number of aromatic nitrogens is 1. The van der Waals surface area contributed by atoms with Crippen molar-refractivity contribution in [3.63, 3.8) is 0 Å². The van der Waals surface area contributed by atoms with Gasteiger partial charge in [-0.2, -0.15) is 4.31 Å². The highest BCUT2D eigenvalue weighted by atomic mass is 79.9. The molecule has 0 spiro atoms. The zero-order chi connectivity index (χ0) is 27.6. The normalized spacial score (nSPS) is 21.8. The van der Waals surface area contributed by atoms with E-state index in [-0.39, 0.29) is 46.3 Å². The van der Waals surface area contributed by atoms with Crippen molar-refractivity contribution in [3.8, 4) is 5.75 Å². The maximum absolute atomic E-state index is 15.8. The van der Waals surface area contributed by atoms with E-state index in [1.54, 1.807) is 28.8 Å². The van der Waals surface area contributed by atoms with E-state index in [1.165, 1.54) is 17.6 Å². The molecule has 12 heteroatoms. The predicted molar refractivity (Wildman–Crippen MR) is 147 cm³/mol. The van der Waals surface area contributed by atoms with Crippen LogP contribution in [-0.2, 0) is 10.0 Å². The minimum absolute atomic E-state index is 0.00823. The molecule has 1 aliphatic carbocycles. The highest BCUT2D eigenvalue weighted by Gasteiger charge is 2.45. The van der Waals surface area contributed by atoms with Crippen molar-refractivity contribution in [2.45, 2.75) is 42.7 Å². The summed E-state index contributed by atoms with van der Waals surface area (Å²) >= 11 is 3.34. The van der Waals surface area contributed by atoms with Gasteiger partial charge < -0.3 is 19.3 Å². The molecule has 3 aliphatic rings. The van der Waals surface area contributed by atoms with Crippen LogP contribution in [0.15, 0.2) is 50.7 Å². The zero-order valence-electron chi connectivity index (χ0n) is 21.1. The topological polar surface area (TPSA) is 109 Å². The monoisotopic (exact) mass is 619 g/mol. The number of anilines is 1. The minimum atomic E-state index is -3.77. The van der Waals surface area contributed by atoms with Crippen LogP contribution in [0.1, 0.15) is 42.1 Å². The summed E-state index contributed by atoms with van der Waals surface area (Å²) in [6, 6.07) is 7.27. The number of ether oxygens (including phenoxy) is 1. The van der Waals surface area contributed by atoms with Gasteiger partial charge in [-0.25, -0.2) is 17.6 Å². The molecule has 9 nitrogen and oxygen atoms in total. The van der Waals surface area contributed by atoms with Gasteiger partial charge in [0.25, 0.3) is 0 Å². The van der Waals surface area contributed by atoms with Crippen LogP contribution in [-0.4, -0.2) is 61.2 Å². The maximum atomic E-state index is 15.8. The molecule has 2 aromatic carbocycles. The number of benzene rings is 2. The average Bonchev–Trinajstić information content (AvgIpc) is 3.66. The molecule has 0 radical (unpaired) electrons. The molecule has 39 heavy (non-hydrogen) atoms. The fourth-order valence-electron chi connectivity index (χ4n) is 6.09. The van der Waals surface area contributed by atoms with Crippen LogP contribution in [0, 0.1) is 11.7 Å². The number of halogens is 2. The summed E-state index contributed by atoms with van der Waals surface area (Å²) in [5.41, 5.74) is -0.650. The van der Waals surface area contributed by atoms with Gasteiger partial charge in [0.05, 0.1) is 22.9 Å². The third-order valence-corrected chi connectivity index (χ3v) is 10.5. The molecule has 3 fully saturated rings. The first kappa shape index (κ1) is 26.3. The summed E-state index contributed by atoms with van der Waals surface area (Å²) in [6.07, 6.45) is 4.44. The standard InChI is InChI=1S/C27H27BrFN3O6S/c1-38-26-23-19(25(33)20(27(34)35)13-31(23)17-6-7-17)11-21(29)24(26)30-12-15-3-2-10-32(22(15)14-30)39(36,37)18-8-4-16(28)5-9-18/h4-5,8-9,11,13,15,17,22H,2-3,6-7,10,12,14H2,1H3,(H,34,35)/t15-,22+/m1/s1. The molecule has 3 aromatic rings. The second-order valence-electron chi connectivity index (χ2n) is 10.4. The first-order chi connectivity index (χ1) is 18.6. The number of pyridine rings is 1. The number of rotatable bonds is 6. The van der Waals surface area contributed by atoms with E-state index in [2.05, 4.69) is 15.9 Å². The molecule has 206 valence electrons. The molecule has 2 aliphatic heterocycles. The van der Waals surface area contributed by atoms with E-state index in [1.807, 2.05) is 4.90 Å². The van der Waals surface area contributed by atoms with Crippen molar-refractivity contribution < 1.29 is 27.4 Å². The van der Waals surface area contributed by atoms with Crippen molar-refractivity contribution in [2.24, 2.45) is 5.92 Å². The number of piperidine rings is 1. The van der Waals surface area contributed by atoms with Gasteiger partial charge in [0.2, 0.25) is 15.5 Å². The number of carboxylic acid groups (broad SMARTS) is 1. The van der Waals surface area contributed by atoms with Crippen LogP contribution in [0.2, 0.25) is 0 Å². The molecule has 2 atom stereocenters. The van der Waals surface area contributed by atoms with Gasteiger partial charge >= 0.3 is 5.97 Å². The number of carbonyl (C=O) groups is 1. The van der Waals surface area contributed by atoms with E-state index in [4.69, 9.17) is 4.74 Å². The summed E-state index contributed by atoms with van der Waals surface area (Å²) in [6.45, 7) is 1.07. The number of hydrogen-bond acceptors (Lipinski definition) is 6. The average molecular weight is 620 g/mol. The van der Waals surface area contributed by atoms with E-state index in [0.717, 1.165) is 29.8 Å². The molecular formula is C27H27BrFN3O6S.